The topological polar surface area (TPSA) is 17.1 Å². The Labute approximate surface area is 183 Å². The van der Waals surface area contributed by atoms with Crippen molar-refractivity contribution in [2.75, 3.05) is 0 Å². The van der Waals surface area contributed by atoms with Crippen molar-refractivity contribution in [3.05, 3.63) is 69.8 Å². The first kappa shape index (κ1) is 21.3. The Morgan fingerprint density at radius 1 is 0.733 bits per heavy atom. The quantitative estimate of drug-likeness (QED) is 0.441. The molecule has 0 amide bonds. The van der Waals surface area contributed by atoms with Gasteiger partial charge in [-0.3, -0.25) is 4.79 Å². The van der Waals surface area contributed by atoms with Gasteiger partial charge in [-0.05, 0) is 99.3 Å². The van der Waals surface area contributed by atoms with Gasteiger partial charge in [0, 0.05) is 12.8 Å². The highest BCUT2D eigenvalue weighted by molar-refractivity contribution is 5.80. The predicted octanol–water partition coefficient (Wildman–Crippen LogP) is 7.74. The van der Waals surface area contributed by atoms with E-state index in [1.807, 2.05) is 0 Å². The zero-order valence-electron chi connectivity index (χ0n) is 19.3. The van der Waals surface area contributed by atoms with Crippen LogP contribution in [0, 0.1) is 39.5 Å². The Balaban J connectivity index is 1.55. The minimum absolute atomic E-state index is 0.409. The molecule has 0 saturated heterocycles. The van der Waals surface area contributed by atoms with Gasteiger partial charge in [-0.2, -0.15) is 0 Å². The maximum Gasteiger partial charge on any atom is 0.134 e. The van der Waals surface area contributed by atoms with Gasteiger partial charge in [0.05, 0.1) is 0 Å². The minimum atomic E-state index is 0.409. The number of benzene rings is 2. The third-order valence-electron chi connectivity index (χ3n) is 8.00. The number of hydrogen-bond acceptors (Lipinski definition) is 1. The van der Waals surface area contributed by atoms with Crippen LogP contribution in [0.15, 0.2) is 36.4 Å². The molecule has 0 heterocycles. The summed E-state index contributed by atoms with van der Waals surface area (Å²) in [5.74, 6) is 2.68. The van der Waals surface area contributed by atoms with Gasteiger partial charge in [-0.25, -0.2) is 0 Å². The van der Waals surface area contributed by atoms with E-state index < -0.39 is 0 Å². The number of carbonyl (C=O) groups excluding carboxylic acids is 1. The second kappa shape index (κ2) is 9.08. The molecule has 2 aromatic carbocycles. The minimum Gasteiger partial charge on any atom is -0.300 e. The Morgan fingerprint density at radius 3 is 1.47 bits per heavy atom. The summed E-state index contributed by atoms with van der Waals surface area (Å²) in [5, 5.41) is 0. The van der Waals surface area contributed by atoms with Crippen molar-refractivity contribution < 1.29 is 4.79 Å². The fourth-order valence-electron chi connectivity index (χ4n) is 5.64. The van der Waals surface area contributed by atoms with Crippen molar-refractivity contribution >= 4 is 5.78 Å². The molecule has 2 fully saturated rings. The molecule has 0 bridgehead atoms. The number of ketones is 1. The van der Waals surface area contributed by atoms with Crippen LogP contribution in [0.4, 0.5) is 0 Å². The summed E-state index contributed by atoms with van der Waals surface area (Å²) in [5.41, 5.74) is 8.20. The standard InChI is InChI=1S/C29H38O/c1-19-11-13-21(3)26(15-19)28(23-7-5-8-23)17-25(30)18-29(24-9-6-10-24)27-16-20(2)12-14-22(27)4/h11-16,23-24,28-29H,5-10,17-18H2,1-4H3/t28-,29-/m1/s1. The largest absolute Gasteiger partial charge is 0.300 e. The molecule has 1 nitrogen and oxygen atoms in total. The molecule has 160 valence electrons. The summed E-state index contributed by atoms with van der Waals surface area (Å²) in [7, 11) is 0. The number of aryl methyl sites for hydroxylation is 4. The molecule has 0 N–H and O–H groups in total. The first-order valence-corrected chi connectivity index (χ1v) is 12.1. The van der Waals surface area contributed by atoms with Crippen molar-refractivity contribution in [2.24, 2.45) is 11.8 Å². The van der Waals surface area contributed by atoms with E-state index in [1.54, 1.807) is 0 Å². The fourth-order valence-corrected chi connectivity index (χ4v) is 5.64. The van der Waals surface area contributed by atoms with Gasteiger partial charge < -0.3 is 0 Å². The van der Waals surface area contributed by atoms with Crippen LogP contribution in [-0.2, 0) is 4.79 Å². The molecule has 2 aliphatic carbocycles. The van der Waals surface area contributed by atoms with Crippen LogP contribution in [0.25, 0.3) is 0 Å². The second-order valence-electron chi connectivity index (χ2n) is 10.3. The van der Waals surface area contributed by atoms with Gasteiger partial charge in [0.15, 0.2) is 0 Å². The number of hydrogen-bond donors (Lipinski definition) is 0. The Hall–Kier alpha value is -1.89. The average Bonchev–Trinajstić information content (AvgIpc) is 2.62. The normalized spacial score (nSPS) is 19.1. The van der Waals surface area contributed by atoms with Crippen molar-refractivity contribution in [1.82, 2.24) is 0 Å². The molecule has 2 atom stereocenters. The number of rotatable bonds is 8. The summed E-state index contributed by atoms with van der Waals surface area (Å²) in [4.78, 5) is 13.5. The summed E-state index contributed by atoms with van der Waals surface area (Å²) in [6, 6.07) is 13.6. The molecule has 0 aliphatic heterocycles. The smallest absolute Gasteiger partial charge is 0.134 e. The molecular weight excluding hydrogens is 364 g/mol. The van der Waals surface area contributed by atoms with E-state index in [1.165, 1.54) is 71.9 Å². The molecule has 0 aromatic heterocycles. The molecule has 2 aliphatic rings. The fraction of sp³-hybridized carbons (Fsp3) is 0.552. The monoisotopic (exact) mass is 402 g/mol. The molecule has 0 unspecified atom stereocenters. The van der Waals surface area contributed by atoms with Gasteiger partial charge >= 0.3 is 0 Å². The first-order chi connectivity index (χ1) is 14.4. The molecule has 0 radical (unpaired) electrons. The van der Waals surface area contributed by atoms with Gasteiger partial charge in [-0.1, -0.05) is 60.4 Å². The lowest BCUT2D eigenvalue weighted by molar-refractivity contribution is -0.120. The lowest BCUT2D eigenvalue weighted by Crippen LogP contribution is -2.27. The van der Waals surface area contributed by atoms with Gasteiger partial charge in [0.2, 0.25) is 0 Å². The molecule has 1 heteroatoms. The van der Waals surface area contributed by atoms with Crippen LogP contribution in [-0.4, -0.2) is 5.78 Å². The van der Waals surface area contributed by atoms with E-state index in [0.29, 0.717) is 29.5 Å². The van der Waals surface area contributed by atoms with Gasteiger partial charge in [0.25, 0.3) is 0 Å². The molecule has 2 saturated carbocycles. The van der Waals surface area contributed by atoms with E-state index >= 15 is 0 Å². The lowest BCUT2D eigenvalue weighted by Gasteiger charge is -2.37. The zero-order valence-corrected chi connectivity index (χ0v) is 19.3. The second-order valence-corrected chi connectivity index (χ2v) is 10.3. The summed E-state index contributed by atoms with van der Waals surface area (Å²) in [6.45, 7) is 8.79. The van der Waals surface area contributed by atoms with Crippen molar-refractivity contribution in [2.45, 2.75) is 90.9 Å². The van der Waals surface area contributed by atoms with Crippen LogP contribution in [0.1, 0.15) is 96.6 Å². The Morgan fingerprint density at radius 2 is 1.13 bits per heavy atom. The highest BCUT2D eigenvalue weighted by Crippen LogP contribution is 2.46. The maximum atomic E-state index is 13.5. The highest BCUT2D eigenvalue weighted by atomic mass is 16.1. The maximum absolute atomic E-state index is 13.5. The zero-order chi connectivity index (χ0) is 21.3. The number of carbonyl (C=O) groups is 1. The van der Waals surface area contributed by atoms with Gasteiger partial charge in [0.1, 0.15) is 5.78 Å². The van der Waals surface area contributed by atoms with Crippen molar-refractivity contribution in [1.29, 1.82) is 0 Å². The van der Waals surface area contributed by atoms with E-state index in [-0.39, 0.29) is 0 Å². The summed E-state index contributed by atoms with van der Waals surface area (Å²) >= 11 is 0. The SMILES string of the molecule is Cc1ccc(C)c([C@H](CC(=O)C[C@@H](c2cc(C)ccc2C)C2CCC2)C2CCC2)c1. The molecule has 4 rings (SSSR count). The highest BCUT2D eigenvalue weighted by Gasteiger charge is 2.34. The first-order valence-electron chi connectivity index (χ1n) is 12.1. The molecule has 30 heavy (non-hydrogen) atoms. The Bertz CT molecular complexity index is 827. The van der Waals surface area contributed by atoms with Crippen molar-refractivity contribution in [3.8, 4) is 0 Å². The lowest BCUT2D eigenvalue weighted by atomic mass is 9.67. The molecule has 2 aromatic rings. The third-order valence-corrected chi connectivity index (χ3v) is 8.00. The van der Waals surface area contributed by atoms with Crippen LogP contribution >= 0.6 is 0 Å². The molecule has 0 spiro atoms. The average molecular weight is 403 g/mol. The van der Waals surface area contributed by atoms with Crippen LogP contribution in [0.2, 0.25) is 0 Å². The van der Waals surface area contributed by atoms with Crippen LogP contribution in [0.5, 0.6) is 0 Å². The van der Waals surface area contributed by atoms with Gasteiger partial charge in [-0.15, -0.1) is 0 Å². The third kappa shape index (κ3) is 4.56. The Kier molecular flexibility index (Phi) is 6.46. The van der Waals surface area contributed by atoms with Crippen LogP contribution < -0.4 is 0 Å². The van der Waals surface area contributed by atoms with Crippen molar-refractivity contribution in [3.63, 3.8) is 0 Å². The number of Topliss-reactive ketones (excluding diaryl/α,β-unsaturated/α-hetero) is 1. The summed E-state index contributed by atoms with van der Waals surface area (Å²) in [6.07, 6.45) is 9.25. The van der Waals surface area contributed by atoms with E-state index in [9.17, 15) is 4.79 Å². The van der Waals surface area contributed by atoms with E-state index in [2.05, 4.69) is 64.1 Å². The molecular formula is C29H38O. The van der Waals surface area contributed by atoms with E-state index in [4.69, 9.17) is 0 Å². The predicted molar refractivity (Wildman–Crippen MR) is 126 cm³/mol. The van der Waals surface area contributed by atoms with E-state index in [0.717, 1.165) is 12.8 Å². The van der Waals surface area contributed by atoms with Crippen LogP contribution in [0.3, 0.4) is 0 Å². The summed E-state index contributed by atoms with van der Waals surface area (Å²) < 4.78 is 0.